The van der Waals surface area contributed by atoms with Crippen LogP contribution in [0.3, 0.4) is 0 Å². The van der Waals surface area contributed by atoms with Gasteiger partial charge in [-0.25, -0.2) is 0 Å². The summed E-state index contributed by atoms with van der Waals surface area (Å²) < 4.78 is 0. The molecule has 0 radical (unpaired) electrons. The number of amides is 1. The van der Waals surface area contributed by atoms with E-state index in [2.05, 4.69) is 32.0 Å². The number of primary amides is 1. The average molecular weight is 294 g/mol. The molecule has 1 unspecified atom stereocenters. The number of nitrogens with zero attached hydrogens (tertiary/aromatic N) is 2. The molecule has 3 N–H and O–H groups in total. The van der Waals surface area contributed by atoms with E-state index in [0.29, 0.717) is 12.3 Å². The van der Waals surface area contributed by atoms with Crippen molar-refractivity contribution in [1.29, 1.82) is 0 Å². The Labute approximate surface area is 123 Å². The molecule has 0 spiro atoms. The van der Waals surface area contributed by atoms with Crippen molar-refractivity contribution in [2.45, 2.75) is 25.8 Å². The Morgan fingerprint density at radius 3 is 3.15 bits per heavy atom. The van der Waals surface area contributed by atoms with Gasteiger partial charge >= 0.3 is 0 Å². The van der Waals surface area contributed by atoms with Gasteiger partial charge in [0.1, 0.15) is 0 Å². The zero-order valence-electron chi connectivity index (χ0n) is 11.8. The van der Waals surface area contributed by atoms with Gasteiger partial charge in [0.2, 0.25) is 5.91 Å². The number of hydrogen-bond donors (Lipinski definition) is 2. The van der Waals surface area contributed by atoms with Crippen molar-refractivity contribution in [3.8, 4) is 0 Å². The summed E-state index contributed by atoms with van der Waals surface area (Å²) in [5.41, 5.74) is 6.56. The Hall–Kier alpha value is -1.56. The predicted molar refractivity (Wildman–Crippen MR) is 82.6 cm³/mol. The summed E-state index contributed by atoms with van der Waals surface area (Å²) in [7, 11) is 1.80. The third-order valence-corrected chi connectivity index (χ3v) is 4.28. The quantitative estimate of drug-likeness (QED) is 0.651. The first-order valence-electron chi connectivity index (χ1n) is 6.94. The monoisotopic (exact) mass is 294 g/mol. The van der Waals surface area contributed by atoms with Crippen molar-refractivity contribution in [2.75, 3.05) is 20.1 Å². The lowest BCUT2D eigenvalue weighted by atomic mass is 9.95. The number of nitrogens with two attached hydrogens (primary N) is 1. The lowest BCUT2D eigenvalue weighted by Gasteiger charge is -2.34. The van der Waals surface area contributed by atoms with Crippen LogP contribution in [0.25, 0.3) is 0 Å². The number of carbonyl (C=O) groups excluding carboxylic acids is 1. The number of likely N-dealkylation sites (tertiary alicyclic amines) is 1. The largest absolute Gasteiger partial charge is 0.370 e. The van der Waals surface area contributed by atoms with E-state index >= 15 is 0 Å². The Kier molecular flexibility index (Phi) is 5.40. The van der Waals surface area contributed by atoms with Crippen LogP contribution in [-0.2, 0) is 11.3 Å². The molecule has 1 aliphatic rings. The van der Waals surface area contributed by atoms with Crippen LogP contribution in [-0.4, -0.2) is 36.9 Å². The van der Waals surface area contributed by atoms with Crippen LogP contribution < -0.4 is 11.1 Å². The number of carbonyl (C=O) groups is 1. The average Bonchev–Trinajstić information content (AvgIpc) is 2.92. The molecule has 0 aliphatic carbocycles. The SMILES string of the molecule is CN=C(NCc1ccsc1)N1CCCC(CC(N)=O)C1. The minimum atomic E-state index is -0.210. The van der Waals surface area contributed by atoms with E-state index in [4.69, 9.17) is 5.73 Å². The first kappa shape index (κ1) is 14.8. The Bertz CT molecular complexity index is 458. The molecule has 5 nitrogen and oxygen atoms in total. The molecule has 1 fully saturated rings. The number of aliphatic imine (C=N–C) groups is 1. The molecular formula is C14H22N4OS. The Morgan fingerprint density at radius 1 is 1.65 bits per heavy atom. The summed E-state index contributed by atoms with van der Waals surface area (Å²) in [6, 6.07) is 2.11. The molecule has 1 amide bonds. The van der Waals surface area contributed by atoms with Crippen LogP contribution in [0.15, 0.2) is 21.8 Å². The van der Waals surface area contributed by atoms with Gasteiger partial charge in [-0.2, -0.15) is 11.3 Å². The second-order valence-electron chi connectivity index (χ2n) is 5.16. The van der Waals surface area contributed by atoms with Crippen LogP contribution >= 0.6 is 11.3 Å². The third kappa shape index (κ3) is 4.23. The maximum atomic E-state index is 11.1. The van der Waals surface area contributed by atoms with E-state index in [9.17, 15) is 4.79 Å². The molecule has 1 atom stereocenters. The summed E-state index contributed by atoms with van der Waals surface area (Å²) in [6.07, 6.45) is 2.62. The van der Waals surface area contributed by atoms with Gasteiger partial charge in [-0.3, -0.25) is 9.79 Å². The summed E-state index contributed by atoms with van der Waals surface area (Å²) in [6.45, 7) is 2.62. The molecule has 0 saturated carbocycles. The molecular weight excluding hydrogens is 272 g/mol. The molecule has 1 aromatic heterocycles. The summed E-state index contributed by atoms with van der Waals surface area (Å²) in [5.74, 6) is 1.05. The minimum Gasteiger partial charge on any atom is -0.370 e. The van der Waals surface area contributed by atoms with Gasteiger partial charge in [0.15, 0.2) is 5.96 Å². The molecule has 6 heteroatoms. The predicted octanol–water partition coefficient (Wildman–Crippen LogP) is 1.41. The fourth-order valence-electron chi connectivity index (χ4n) is 2.62. The summed E-state index contributed by atoms with van der Waals surface area (Å²) >= 11 is 1.70. The maximum absolute atomic E-state index is 11.1. The van der Waals surface area contributed by atoms with E-state index in [1.54, 1.807) is 18.4 Å². The van der Waals surface area contributed by atoms with Crippen molar-refractivity contribution in [3.63, 3.8) is 0 Å². The summed E-state index contributed by atoms with van der Waals surface area (Å²) in [4.78, 5) is 17.6. The van der Waals surface area contributed by atoms with Gasteiger partial charge in [0.05, 0.1) is 0 Å². The Morgan fingerprint density at radius 2 is 2.50 bits per heavy atom. The van der Waals surface area contributed by atoms with Crippen molar-refractivity contribution in [2.24, 2.45) is 16.6 Å². The summed E-state index contributed by atoms with van der Waals surface area (Å²) in [5, 5.41) is 7.59. The number of hydrogen-bond acceptors (Lipinski definition) is 3. The van der Waals surface area contributed by atoms with Crippen molar-refractivity contribution in [1.82, 2.24) is 10.2 Å². The van der Waals surface area contributed by atoms with Gasteiger partial charge in [0, 0.05) is 33.1 Å². The lowest BCUT2D eigenvalue weighted by Crippen LogP contribution is -2.46. The second-order valence-corrected chi connectivity index (χ2v) is 5.94. The number of rotatable bonds is 4. The van der Waals surface area contributed by atoms with Crippen molar-refractivity contribution < 1.29 is 4.79 Å². The van der Waals surface area contributed by atoms with Gasteiger partial charge < -0.3 is 16.0 Å². The van der Waals surface area contributed by atoms with Crippen molar-refractivity contribution >= 4 is 23.2 Å². The second kappa shape index (κ2) is 7.28. The number of thiophene rings is 1. The highest BCUT2D eigenvalue weighted by Crippen LogP contribution is 2.19. The third-order valence-electron chi connectivity index (χ3n) is 3.55. The zero-order valence-corrected chi connectivity index (χ0v) is 12.7. The number of guanidine groups is 1. The first-order valence-corrected chi connectivity index (χ1v) is 7.88. The van der Waals surface area contributed by atoms with Gasteiger partial charge in [0.25, 0.3) is 0 Å². The highest BCUT2D eigenvalue weighted by atomic mass is 32.1. The van der Waals surface area contributed by atoms with E-state index < -0.39 is 0 Å². The number of nitrogens with one attached hydrogen (secondary N) is 1. The first-order chi connectivity index (χ1) is 9.69. The Balaban J connectivity index is 1.88. The van der Waals surface area contributed by atoms with E-state index in [-0.39, 0.29) is 5.91 Å². The molecule has 1 saturated heterocycles. The highest BCUT2D eigenvalue weighted by Gasteiger charge is 2.23. The molecule has 20 heavy (non-hydrogen) atoms. The van der Waals surface area contributed by atoms with Crippen LogP contribution in [0, 0.1) is 5.92 Å². The minimum absolute atomic E-state index is 0.210. The van der Waals surface area contributed by atoms with Gasteiger partial charge in [-0.05, 0) is 41.1 Å². The topological polar surface area (TPSA) is 70.7 Å². The molecule has 2 heterocycles. The molecule has 110 valence electrons. The zero-order chi connectivity index (χ0) is 14.4. The van der Waals surface area contributed by atoms with E-state index in [1.807, 2.05) is 0 Å². The standard InChI is InChI=1S/C14H22N4OS/c1-16-14(17-8-12-4-6-20-10-12)18-5-2-3-11(9-18)7-13(15)19/h4,6,10-11H,2-3,5,7-9H2,1H3,(H2,15,19)(H,16,17). The van der Waals surface area contributed by atoms with Crippen LogP contribution in [0.1, 0.15) is 24.8 Å². The molecule has 1 aromatic rings. The van der Waals surface area contributed by atoms with Gasteiger partial charge in [-0.1, -0.05) is 0 Å². The highest BCUT2D eigenvalue weighted by molar-refractivity contribution is 7.07. The van der Waals surface area contributed by atoms with Crippen molar-refractivity contribution in [3.05, 3.63) is 22.4 Å². The molecule has 0 aromatic carbocycles. The molecule has 1 aliphatic heterocycles. The fraction of sp³-hybridized carbons (Fsp3) is 0.571. The lowest BCUT2D eigenvalue weighted by molar-refractivity contribution is -0.119. The van der Waals surface area contributed by atoms with Crippen LogP contribution in [0.2, 0.25) is 0 Å². The smallest absolute Gasteiger partial charge is 0.217 e. The maximum Gasteiger partial charge on any atom is 0.217 e. The molecule has 2 rings (SSSR count). The van der Waals surface area contributed by atoms with E-state index in [1.165, 1.54) is 5.56 Å². The fourth-order valence-corrected chi connectivity index (χ4v) is 3.28. The molecule has 0 bridgehead atoms. The van der Waals surface area contributed by atoms with Crippen LogP contribution in [0.4, 0.5) is 0 Å². The normalized spacial score (nSPS) is 19.9. The number of piperidine rings is 1. The van der Waals surface area contributed by atoms with Crippen LogP contribution in [0.5, 0.6) is 0 Å². The van der Waals surface area contributed by atoms with Gasteiger partial charge in [-0.15, -0.1) is 0 Å². The van der Waals surface area contributed by atoms with E-state index in [0.717, 1.165) is 38.4 Å².